The summed E-state index contributed by atoms with van der Waals surface area (Å²) in [4.78, 5) is 13.7. The first-order chi connectivity index (χ1) is 16.6. The Morgan fingerprint density at radius 3 is 2.41 bits per heavy atom. The van der Waals surface area contributed by atoms with Crippen LogP contribution >= 0.6 is 11.6 Å². The lowest BCUT2D eigenvalue weighted by molar-refractivity contribution is -0.116. The van der Waals surface area contributed by atoms with E-state index >= 15 is 0 Å². The van der Waals surface area contributed by atoms with Gasteiger partial charge in [0.1, 0.15) is 0 Å². The lowest BCUT2D eigenvalue weighted by Gasteiger charge is -2.30. The number of methoxy groups -OCH3 is 1. The van der Waals surface area contributed by atoms with Gasteiger partial charge in [-0.1, -0.05) is 41.9 Å². The van der Waals surface area contributed by atoms with Crippen molar-refractivity contribution in [3.63, 3.8) is 0 Å². The van der Waals surface area contributed by atoms with E-state index < -0.39 is 0 Å². The van der Waals surface area contributed by atoms with Crippen LogP contribution in [0.5, 0.6) is 11.5 Å². The number of carbonyl (C=O) groups excluding carboxylic acids is 1. The standard InChI is InChI=1S/C28H27ClN2O3/c1-3-34-25-13-10-18(16-26(25)33-2)19-14-23-27(24(32)15-19)28(17-8-11-20(29)12-9-17)31-22-7-5-4-6-21(22)30-23/h4-13,16,19,28,30-31H,3,14-15H2,1-2H3/t19-,28-/m0/s1. The molecule has 0 radical (unpaired) electrons. The first kappa shape index (κ1) is 22.4. The lowest BCUT2D eigenvalue weighted by atomic mass is 9.78. The summed E-state index contributed by atoms with van der Waals surface area (Å²) in [6.45, 7) is 2.51. The number of hydrogen-bond acceptors (Lipinski definition) is 5. The highest BCUT2D eigenvalue weighted by molar-refractivity contribution is 6.30. The number of carbonyl (C=O) groups is 1. The molecule has 1 aliphatic carbocycles. The predicted molar refractivity (Wildman–Crippen MR) is 136 cm³/mol. The van der Waals surface area contributed by atoms with Crippen LogP contribution in [-0.2, 0) is 4.79 Å². The predicted octanol–water partition coefficient (Wildman–Crippen LogP) is 6.73. The van der Waals surface area contributed by atoms with Crippen molar-refractivity contribution < 1.29 is 14.3 Å². The summed E-state index contributed by atoms with van der Waals surface area (Å²) in [7, 11) is 1.64. The molecule has 0 unspecified atom stereocenters. The molecule has 0 saturated carbocycles. The maximum Gasteiger partial charge on any atom is 0.163 e. The molecule has 2 aliphatic rings. The van der Waals surface area contributed by atoms with E-state index in [1.807, 2.05) is 73.7 Å². The quantitative estimate of drug-likeness (QED) is 0.429. The second-order valence-corrected chi connectivity index (χ2v) is 9.00. The Labute approximate surface area is 204 Å². The van der Waals surface area contributed by atoms with Gasteiger partial charge in [0.25, 0.3) is 0 Å². The summed E-state index contributed by atoms with van der Waals surface area (Å²) in [6.07, 6.45) is 1.15. The van der Waals surface area contributed by atoms with Crippen molar-refractivity contribution in [1.82, 2.24) is 0 Å². The zero-order valence-electron chi connectivity index (χ0n) is 19.2. The molecule has 3 aromatic rings. The van der Waals surface area contributed by atoms with Crippen LogP contribution in [0.4, 0.5) is 11.4 Å². The van der Waals surface area contributed by atoms with E-state index in [4.69, 9.17) is 21.1 Å². The first-order valence-corrected chi connectivity index (χ1v) is 11.9. The van der Waals surface area contributed by atoms with Crippen LogP contribution in [0.15, 0.2) is 78.0 Å². The second-order valence-electron chi connectivity index (χ2n) is 8.56. The molecule has 0 aromatic heterocycles. The smallest absolute Gasteiger partial charge is 0.163 e. The van der Waals surface area contributed by atoms with Gasteiger partial charge in [-0.3, -0.25) is 4.79 Å². The topological polar surface area (TPSA) is 59.6 Å². The number of nitrogens with one attached hydrogen (secondary N) is 2. The molecule has 6 heteroatoms. The molecular weight excluding hydrogens is 448 g/mol. The highest BCUT2D eigenvalue weighted by Gasteiger charge is 2.36. The monoisotopic (exact) mass is 474 g/mol. The Bertz CT molecular complexity index is 1250. The average molecular weight is 475 g/mol. The fourth-order valence-electron chi connectivity index (χ4n) is 4.85. The third kappa shape index (κ3) is 4.24. The maximum atomic E-state index is 13.7. The molecule has 0 saturated heterocycles. The van der Waals surface area contributed by atoms with E-state index in [2.05, 4.69) is 10.6 Å². The minimum atomic E-state index is -0.258. The molecular formula is C28H27ClN2O3. The number of ether oxygens (including phenoxy) is 2. The highest BCUT2D eigenvalue weighted by Crippen LogP contribution is 2.45. The molecule has 5 rings (SSSR count). The maximum absolute atomic E-state index is 13.7. The summed E-state index contributed by atoms with van der Waals surface area (Å²) in [6, 6.07) is 21.5. The Morgan fingerprint density at radius 2 is 1.68 bits per heavy atom. The zero-order valence-corrected chi connectivity index (χ0v) is 20.0. The van der Waals surface area contributed by atoms with E-state index in [0.29, 0.717) is 29.5 Å². The van der Waals surface area contributed by atoms with Crippen molar-refractivity contribution in [2.75, 3.05) is 24.4 Å². The van der Waals surface area contributed by atoms with Gasteiger partial charge < -0.3 is 20.1 Å². The van der Waals surface area contributed by atoms with Gasteiger partial charge in [-0.2, -0.15) is 0 Å². The third-order valence-corrected chi connectivity index (χ3v) is 6.72. The number of allylic oxidation sites excluding steroid dienone is 1. The fraction of sp³-hybridized carbons (Fsp3) is 0.250. The van der Waals surface area contributed by atoms with Gasteiger partial charge in [0.2, 0.25) is 0 Å². The molecule has 0 bridgehead atoms. The minimum Gasteiger partial charge on any atom is -0.493 e. The number of fused-ring (bicyclic) bond motifs is 1. The summed E-state index contributed by atoms with van der Waals surface area (Å²) < 4.78 is 11.2. The van der Waals surface area contributed by atoms with Gasteiger partial charge in [0.05, 0.1) is 31.1 Å². The largest absolute Gasteiger partial charge is 0.493 e. The van der Waals surface area contributed by atoms with Crippen molar-refractivity contribution in [1.29, 1.82) is 0 Å². The Morgan fingerprint density at radius 1 is 0.941 bits per heavy atom. The van der Waals surface area contributed by atoms with Crippen molar-refractivity contribution in [3.05, 3.63) is 94.1 Å². The van der Waals surface area contributed by atoms with Crippen LogP contribution in [0, 0.1) is 0 Å². The summed E-state index contributed by atoms with van der Waals surface area (Å²) in [5, 5.41) is 7.85. The van der Waals surface area contributed by atoms with Gasteiger partial charge in [-0.25, -0.2) is 0 Å². The Hall–Kier alpha value is -3.44. The molecule has 0 fully saturated rings. The van der Waals surface area contributed by atoms with Crippen molar-refractivity contribution in [2.24, 2.45) is 0 Å². The number of hydrogen-bond donors (Lipinski definition) is 2. The molecule has 1 heterocycles. The fourth-order valence-corrected chi connectivity index (χ4v) is 4.97. The summed E-state index contributed by atoms with van der Waals surface area (Å²) >= 11 is 6.14. The van der Waals surface area contributed by atoms with Crippen LogP contribution in [-0.4, -0.2) is 19.5 Å². The highest BCUT2D eigenvalue weighted by atomic mass is 35.5. The molecule has 1 aliphatic heterocycles. The van der Waals surface area contributed by atoms with Crippen molar-refractivity contribution in [2.45, 2.75) is 31.7 Å². The number of rotatable bonds is 5. The Balaban J connectivity index is 1.55. The molecule has 34 heavy (non-hydrogen) atoms. The minimum absolute atomic E-state index is 0.0412. The SMILES string of the molecule is CCOc1ccc([C@@H]2CC(=O)C3=C(C2)Nc2ccccc2N[C@H]3c2ccc(Cl)cc2)cc1OC. The normalized spacial score (nSPS) is 19.3. The van der Waals surface area contributed by atoms with Crippen LogP contribution < -0.4 is 20.1 Å². The van der Waals surface area contributed by atoms with Gasteiger partial charge in [0, 0.05) is 22.7 Å². The van der Waals surface area contributed by atoms with Gasteiger partial charge in [-0.05, 0) is 66.8 Å². The number of para-hydroxylation sites is 2. The second kappa shape index (κ2) is 9.43. The zero-order chi connectivity index (χ0) is 23.7. The van der Waals surface area contributed by atoms with E-state index in [-0.39, 0.29) is 17.7 Å². The number of halogens is 1. The molecule has 3 aromatic carbocycles. The first-order valence-electron chi connectivity index (χ1n) is 11.5. The van der Waals surface area contributed by atoms with Crippen molar-refractivity contribution >= 4 is 28.8 Å². The molecule has 0 spiro atoms. The molecule has 2 N–H and O–H groups in total. The van der Waals surface area contributed by atoms with E-state index in [9.17, 15) is 4.79 Å². The van der Waals surface area contributed by atoms with Crippen LogP contribution in [0.3, 0.4) is 0 Å². The molecule has 5 nitrogen and oxygen atoms in total. The van der Waals surface area contributed by atoms with Crippen LogP contribution in [0.25, 0.3) is 0 Å². The van der Waals surface area contributed by atoms with Gasteiger partial charge >= 0.3 is 0 Å². The van der Waals surface area contributed by atoms with E-state index in [1.165, 1.54) is 0 Å². The number of Topliss-reactive ketones (excluding diaryl/α,β-unsaturated/α-hetero) is 1. The molecule has 0 amide bonds. The summed E-state index contributed by atoms with van der Waals surface area (Å²) in [5.74, 6) is 1.57. The van der Waals surface area contributed by atoms with Gasteiger partial charge in [-0.15, -0.1) is 0 Å². The van der Waals surface area contributed by atoms with Crippen LogP contribution in [0.1, 0.15) is 42.9 Å². The third-order valence-electron chi connectivity index (χ3n) is 6.47. The van der Waals surface area contributed by atoms with Crippen molar-refractivity contribution in [3.8, 4) is 11.5 Å². The Kier molecular flexibility index (Phi) is 6.20. The summed E-state index contributed by atoms with van der Waals surface area (Å²) in [5.41, 5.74) is 5.73. The number of anilines is 2. The van der Waals surface area contributed by atoms with Gasteiger partial charge in [0.15, 0.2) is 17.3 Å². The number of benzene rings is 3. The van der Waals surface area contributed by atoms with Crippen LogP contribution in [0.2, 0.25) is 5.02 Å². The molecule has 174 valence electrons. The van der Waals surface area contributed by atoms with E-state index in [1.54, 1.807) is 7.11 Å². The van der Waals surface area contributed by atoms with E-state index in [0.717, 1.165) is 40.2 Å². The number of ketones is 1. The lowest BCUT2D eigenvalue weighted by Crippen LogP contribution is -2.26. The molecule has 2 atom stereocenters. The average Bonchev–Trinajstić information content (AvgIpc) is 3.02.